The molecule has 0 aliphatic carbocycles. The molecule has 0 aliphatic rings. The Morgan fingerprint density at radius 2 is 1.60 bits per heavy atom. The average Bonchev–Trinajstić information content (AvgIpc) is 1.25. The third-order valence-electron chi connectivity index (χ3n) is 0. The second kappa shape index (κ2) is 4.01. The Morgan fingerprint density at radius 1 is 1.60 bits per heavy atom. The van der Waals surface area contributed by atoms with Crippen LogP contribution < -0.4 is 0 Å². The smallest absolute Gasteiger partial charge is 0.402 e. The molecule has 0 amide bonds. The topological polar surface area (TPSA) is 60.7 Å². The van der Waals surface area contributed by atoms with Gasteiger partial charge in [-0.1, -0.05) is 0 Å². The fourth-order valence-corrected chi connectivity index (χ4v) is 0. The lowest BCUT2D eigenvalue weighted by atomic mass is 10.3. The average molecular weight is 78.7 g/mol. The van der Waals surface area contributed by atoms with Gasteiger partial charge in [-0.15, -0.1) is 0 Å². The van der Waals surface area contributed by atoms with Crippen molar-refractivity contribution in [3.8, 4) is 0 Å². The number of hydrogen-bond donors (Lipinski definition) is 3. The van der Waals surface area contributed by atoms with Crippen LogP contribution in [0.4, 0.5) is 0 Å². The Kier molecular flexibility index (Phi) is 1.79. The third kappa shape index (κ3) is 166000. The summed E-state index contributed by atoms with van der Waals surface area (Å²) >= 11 is 0. The molecule has 0 fully saturated rings. The highest BCUT2D eigenvalue weighted by Crippen LogP contribution is 1.40. The van der Waals surface area contributed by atoms with Gasteiger partial charge in [0.25, 0.3) is 0 Å². The molecule has 3 N–H and O–H groups in total. The van der Waals surface area contributed by atoms with Gasteiger partial charge in [0.2, 0.25) is 0 Å². The van der Waals surface area contributed by atoms with Gasteiger partial charge in [-0.2, -0.15) is 0 Å². The lowest BCUT2D eigenvalue weighted by Crippen LogP contribution is -2.07. The van der Waals surface area contributed by atoms with Gasteiger partial charge in [0, 0.05) is 0 Å². The molecule has 0 heterocycles. The van der Waals surface area contributed by atoms with E-state index >= 15 is 0 Å². The van der Waals surface area contributed by atoms with Crippen LogP contribution in [0.3, 0.4) is 0 Å². The van der Waals surface area contributed by atoms with Gasteiger partial charge in [0.15, 0.2) is 0 Å². The fraction of sp³-hybridized carbons (Fsp3) is 0. The summed E-state index contributed by atoms with van der Waals surface area (Å²) in [4.78, 5) is 0. The molecule has 3 nitrogen and oxygen atoms in total. The SMILES string of the molecule is OB(O)O.[2H]B([2H])[2H]. The van der Waals surface area contributed by atoms with Crippen LogP contribution in [0.2, 0.25) is 0 Å². The van der Waals surface area contributed by atoms with Crippen molar-refractivity contribution in [2.24, 2.45) is 0 Å². The molecule has 0 saturated carbocycles. The summed E-state index contributed by atoms with van der Waals surface area (Å²) in [5, 5.41) is 21.5. The molecule has 0 atom stereocenters. The highest BCUT2D eigenvalue weighted by atomic mass is 16.5. The maximum Gasteiger partial charge on any atom is 0.631 e. The normalized spacial score (nSPS) is 11.4. The first-order valence-corrected chi connectivity index (χ1v) is 0.775. The summed E-state index contributed by atoms with van der Waals surface area (Å²) in [6.45, 7) is 0. The van der Waals surface area contributed by atoms with E-state index in [1.807, 2.05) is 0 Å². The Morgan fingerprint density at radius 3 is 1.60 bits per heavy atom. The molecule has 0 spiro atoms. The molecule has 0 radical (unpaired) electrons. The predicted molar refractivity (Wildman–Crippen MR) is 22.3 cm³/mol. The van der Waals surface area contributed by atoms with Crippen LogP contribution in [-0.4, -0.2) is 34.7 Å². The van der Waals surface area contributed by atoms with E-state index in [1.165, 1.54) is 0 Å². The minimum atomic E-state index is -2.17. The van der Waals surface area contributed by atoms with E-state index in [4.69, 9.17) is 19.1 Å². The van der Waals surface area contributed by atoms with Crippen molar-refractivity contribution in [3.63, 3.8) is 0 Å². The van der Waals surface area contributed by atoms with E-state index in [0.29, 0.717) is 0 Å². The molecule has 5 heavy (non-hydrogen) atoms. The summed E-state index contributed by atoms with van der Waals surface area (Å²) in [5.41, 5.74) is 0. The van der Waals surface area contributed by atoms with Crippen LogP contribution in [0, 0.1) is 0 Å². The van der Waals surface area contributed by atoms with Crippen molar-refractivity contribution < 1.29 is 15.1 Å². The Hall–Kier alpha value is 0.00987. The predicted octanol–water partition coefficient (Wildman–Crippen LogP) is -3.24. The van der Waals surface area contributed by atoms with Crippen molar-refractivity contribution in [3.05, 3.63) is 0 Å². The van der Waals surface area contributed by atoms with Crippen LogP contribution in [0.1, 0.15) is 0 Å². The molecule has 0 aromatic heterocycles. The van der Waals surface area contributed by atoms with Crippen LogP contribution in [0.5, 0.6) is 0 Å². The molecule has 0 saturated heterocycles. The Bertz CT molecular complexity index is 28.0. The first kappa shape index (κ1) is 2.23. The van der Waals surface area contributed by atoms with Crippen molar-refractivity contribution in [1.82, 2.24) is 0 Å². The molecule has 0 rings (SSSR count). The Balaban J connectivity index is 0. The standard InChI is InChI=1S/BH3O3.BH3/c2-1(3)4;/h2-4H;1H3/i;1D3. The molecule has 0 unspecified atom stereocenters. The Labute approximate surface area is 36.1 Å². The summed E-state index contributed by atoms with van der Waals surface area (Å²) < 4.78 is 17.8. The number of rotatable bonds is 0. The van der Waals surface area contributed by atoms with Gasteiger partial charge in [-0.05, 0) is 4.01 Å². The van der Waals surface area contributed by atoms with Crippen molar-refractivity contribution >= 4 is 15.6 Å². The molecule has 0 aromatic carbocycles. The van der Waals surface area contributed by atoms with E-state index in [1.54, 1.807) is 0 Å². The zero-order valence-electron chi connectivity index (χ0n) is 5.50. The summed E-state index contributed by atoms with van der Waals surface area (Å²) in [6, 6.07) is 0. The number of hydrogen-bond acceptors (Lipinski definition) is 3. The third-order valence-corrected chi connectivity index (χ3v) is 0. The summed E-state index contributed by atoms with van der Waals surface area (Å²) in [7, 11) is -3.58. The quantitative estimate of drug-likeness (QED) is 0.267. The lowest BCUT2D eigenvalue weighted by molar-refractivity contribution is 0.278. The maximum atomic E-state index is 7.17. The van der Waals surface area contributed by atoms with E-state index in [2.05, 4.69) is 0 Å². The second-order valence-corrected chi connectivity index (χ2v) is 0.346. The highest BCUT2D eigenvalue weighted by Gasteiger charge is 1.92. The van der Waals surface area contributed by atoms with Crippen molar-refractivity contribution in [2.45, 2.75) is 0 Å². The maximum absolute atomic E-state index is 7.17. The lowest BCUT2D eigenvalue weighted by Gasteiger charge is -1.69. The molecular formula is H6B2O3. The summed E-state index contributed by atoms with van der Waals surface area (Å²) in [5.74, 6) is 0. The van der Waals surface area contributed by atoms with Gasteiger partial charge in [-0.3, -0.25) is 0 Å². The van der Waals surface area contributed by atoms with E-state index in [9.17, 15) is 0 Å². The molecule has 0 bridgehead atoms. The zero-order valence-corrected chi connectivity index (χ0v) is 2.50. The fourth-order valence-electron chi connectivity index (χ4n) is 0. The molecule has 0 aliphatic heterocycles. The van der Waals surface area contributed by atoms with Crippen molar-refractivity contribution in [2.75, 3.05) is 0 Å². The molecular weight excluding hydrogens is 69.6 g/mol. The molecule has 30 valence electrons. The van der Waals surface area contributed by atoms with Gasteiger partial charge in [0.1, 0.15) is 0 Å². The largest absolute Gasteiger partial charge is 0.631 e. The minimum absolute atomic E-state index is 1.42. The van der Waals surface area contributed by atoms with Crippen molar-refractivity contribution in [1.29, 1.82) is 4.01 Å². The molecule has 0 aromatic rings. The van der Waals surface area contributed by atoms with Crippen LogP contribution in [-0.2, 0) is 0 Å². The first-order valence-electron chi connectivity index (χ1n) is 2.51. The van der Waals surface area contributed by atoms with Gasteiger partial charge < -0.3 is 15.1 Å². The minimum Gasteiger partial charge on any atom is -0.402 e. The monoisotopic (exact) mass is 79.1 g/mol. The van der Waals surface area contributed by atoms with Gasteiger partial charge >= 0.3 is 7.32 Å². The van der Waals surface area contributed by atoms with E-state index in [0.717, 1.165) is 0 Å². The zero-order chi connectivity index (χ0) is 7.15. The van der Waals surface area contributed by atoms with Crippen LogP contribution in [0.15, 0.2) is 0 Å². The van der Waals surface area contributed by atoms with Crippen LogP contribution in [0.25, 0.3) is 0 Å². The molecule has 5 heteroatoms. The first-order chi connectivity index (χ1) is 3.46. The van der Waals surface area contributed by atoms with Gasteiger partial charge in [-0.25, -0.2) is 0 Å². The summed E-state index contributed by atoms with van der Waals surface area (Å²) in [6.07, 6.45) is 0. The van der Waals surface area contributed by atoms with E-state index in [-0.39, 0.29) is 0 Å². The van der Waals surface area contributed by atoms with E-state index < -0.39 is 15.6 Å². The van der Waals surface area contributed by atoms with Gasteiger partial charge in [0.05, 0.1) is 8.30 Å². The second-order valence-electron chi connectivity index (χ2n) is 0.346. The van der Waals surface area contributed by atoms with Crippen LogP contribution >= 0.6 is 0 Å². The highest BCUT2D eigenvalue weighted by molar-refractivity contribution is 6.30.